The maximum atomic E-state index is 12.7. The van der Waals surface area contributed by atoms with Crippen LogP contribution in [0.2, 0.25) is 0 Å². The molecule has 1 saturated carbocycles. The van der Waals surface area contributed by atoms with Gasteiger partial charge in [0.1, 0.15) is 12.4 Å². The van der Waals surface area contributed by atoms with Crippen molar-refractivity contribution in [3.63, 3.8) is 0 Å². The van der Waals surface area contributed by atoms with Crippen LogP contribution >= 0.6 is 0 Å². The number of nitrogens with zero attached hydrogens (tertiary/aromatic N) is 3. The summed E-state index contributed by atoms with van der Waals surface area (Å²) in [5.41, 5.74) is 0.553. The van der Waals surface area contributed by atoms with Crippen molar-refractivity contribution in [1.82, 2.24) is 19.8 Å². The molecule has 1 amide bonds. The Bertz CT molecular complexity index is 774. The molecule has 1 saturated heterocycles. The monoisotopic (exact) mass is 384 g/mol. The topological polar surface area (TPSA) is 79.6 Å². The molecule has 3 atom stereocenters. The minimum Gasteiger partial charge on any atom is -0.492 e. The number of imidazole rings is 1. The summed E-state index contributed by atoms with van der Waals surface area (Å²) in [5, 5.41) is 13.6. The van der Waals surface area contributed by atoms with Gasteiger partial charge in [0.2, 0.25) is 0 Å². The van der Waals surface area contributed by atoms with E-state index in [1.807, 2.05) is 22.9 Å². The van der Waals surface area contributed by atoms with E-state index in [9.17, 15) is 9.90 Å². The first kappa shape index (κ1) is 19.0. The Morgan fingerprint density at radius 1 is 1.29 bits per heavy atom. The maximum Gasteiger partial charge on any atom is 0.251 e. The van der Waals surface area contributed by atoms with Crippen LogP contribution in [0.1, 0.15) is 42.1 Å². The molecule has 4 rings (SSSR count). The summed E-state index contributed by atoms with van der Waals surface area (Å²) in [6, 6.07) is 6.94. The molecule has 7 heteroatoms. The van der Waals surface area contributed by atoms with Crippen molar-refractivity contribution < 1.29 is 14.6 Å². The number of aliphatic hydroxyl groups is 1. The molecule has 7 nitrogen and oxygen atoms in total. The molecule has 1 aliphatic heterocycles. The van der Waals surface area contributed by atoms with Crippen molar-refractivity contribution in [3.05, 3.63) is 48.5 Å². The van der Waals surface area contributed by atoms with E-state index in [0.717, 1.165) is 32.5 Å². The summed E-state index contributed by atoms with van der Waals surface area (Å²) in [4.78, 5) is 19.1. The van der Waals surface area contributed by atoms with Gasteiger partial charge in [0.15, 0.2) is 0 Å². The predicted octanol–water partition coefficient (Wildman–Crippen LogP) is 1.85. The second-order valence-electron chi connectivity index (χ2n) is 7.65. The number of hydrogen-bond acceptors (Lipinski definition) is 5. The Labute approximate surface area is 165 Å². The zero-order valence-electron chi connectivity index (χ0n) is 16.0. The van der Waals surface area contributed by atoms with Gasteiger partial charge in [0.25, 0.3) is 5.91 Å². The number of aromatic nitrogens is 2. The summed E-state index contributed by atoms with van der Waals surface area (Å²) in [5.74, 6) is 0.524. The van der Waals surface area contributed by atoms with Gasteiger partial charge < -0.3 is 19.7 Å². The predicted molar refractivity (Wildman–Crippen MR) is 105 cm³/mol. The molecule has 2 N–H and O–H groups in total. The molecule has 150 valence electrons. The number of hydrogen-bond donors (Lipinski definition) is 2. The quantitative estimate of drug-likeness (QED) is 0.762. The van der Waals surface area contributed by atoms with Crippen molar-refractivity contribution in [2.24, 2.45) is 0 Å². The highest BCUT2D eigenvalue weighted by Crippen LogP contribution is 2.30. The number of amides is 1. The van der Waals surface area contributed by atoms with Crippen molar-refractivity contribution >= 4 is 5.91 Å². The SMILES string of the molecule is O=C(N[C@@H]1CC[C@@H](n2ccnc2)[C@@H]1O)c1cccc(OCCN2CCCC2)c1. The fourth-order valence-corrected chi connectivity index (χ4v) is 4.19. The minimum atomic E-state index is -0.627. The lowest BCUT2D eigenvalue weighted by Gasteiger charge is -2.21. The molecular formula is C21H28N4O3. The Kier molecular flexibility index (Phi) is 5.92. The van der Waals surface area contributed by atoms with Crippen LogP contribution < -0.4 is 10.1 Å². The van der Waals surface area contributed by atoms with Gasteiger partial charge >= 0.3 is 0 Å². The third kappa shape index (κ3) is 4.36. The minimum absolute atomic E-state index is 0.0481. The van der Waals surface area contributed by atoms with Crippen LogP contribution in [0.5, 0.6) is 5.75 Å². The van der Waals surface area contributed by atoms with Crippen molar-refractivity contribution in [2.75, 3.05) is 26.2 Å². The first-order chi connectivity index (χ1) is 13.7. The van der Waals surface area contributed by atoms with Crippen LogP contribution in [0.4, 0.5) is 0 Å². The average molecular weight is 384 g/mol. The zero-order valence-corrected chi connectivity index (χ0v) is 16.0. The summed E-state index contributed by atoms with van der Waals surface area (Å²) in [6.45, 7) is 3.84. The van der Waals surface area contributed by atoms with E-state index >= 15 is 0 Å². The second-order valence-corrected chi connectivity index (χ2v) is 7.65. The van der Waals surface area contributed by atoms with Gasteiger partial charge in [-0.15, -0.1) is 0 Å². The number of rotatable bonds is 7. The Balaban J connectivity index is 1.30. The standard InChI is InChI=1S/C21H28N4O3/c26-20-18(6-7-19(20)25-11-8-22-15-25)23-21(27)16-4-3-5-17(14-16)28-13-12-24-9-1-2-10-24/h3-5,8,11,14-15,18-20,26H,1-2,6-7,9-10,12-13H2,(H,23,27)/t18-,19-,20-/m1/s1. The molecule has 0 bridgehead atoms. The lowest BCUT2D eigenvalue weighted by atomic mass is 10.1. The molecule has 0 spiro atoms. The molecule has 28 heavy (non-hydrogen) atoms. The average Bonchev–Trinajstić information content (AvgIpc) is 3.46. The molecule has 2 aliphatic rings. The largest absolute Gasteiger partial charge is 0.492 e. The van der Waals surface area contributed by atoms with Crippen LogP contribution in [0, 0.1) is 0 Å². The van der Waals surface area contributed by atoms with Gasteiger partial charge in [-0.25, -0.2) is 4.98 Å². The van der Waals surface area contributed by atoms with Gasteiger partial charge in [-0.3, -0.25) is 9.69 Å². The molecule has 1 aliphatic carbocycles. The second kappa shape index (κ2) is 8.75. The molecule has 0 unspecified atom stereocenters. The molecule has 0 radical (unpaired) electrons. The Morgan fingerprint density at radius 2 is 2.14 bits per heavy atom. The number of nitrogens with one attached hydrogen (secondary N) is 1. The molecule has 2 aromatic rings. The maximum absolute atomic E-state index is 12.7. The van der Waals surface area contributed by atoms with Gasteiger partial charge in [-0.05, 0) is 57.0 Å². The van der Waals surface area contributed by atoms with Crippen LogP contribution in [-0.2, 0) is 0 Å². The molecule has 1 aromatic carbocycles. The van der Waals surface area contributed by atoms with Crippen LogP contribution in [-0.4, -0.2) is 63.9 Å². The van der Waals surface area contributed by atoms with E-state index in [1.54, 1.807) is 24.7 Å². The number of carbonyl (C=O) groups is 1. The first-order valence-corrected chi connectivity index (χ1v) is 10.1. The summed E-state index contributed by atoms with van der Waals surface area (Å²) in [6.07, 6.45) is 8.72. The number of carbonyl (C=O) groups excluding carboxylic acids is 1. The lowest BCUT2D eigenvalue weighted by Crippen LogP contribution is -2.42. The first-order valence-electron chi connectivity index (χ1n) is 10.1. The van der Waals surface area contributed by atoms with E-state index in [-0.39, 0.29) is 18.0 Å². The molecule has 1 aromatic heterocycles. The van der Waals surface area contributed by atoms with E-state index in [1.165, 1.54) is 12.8 Å². The van der Waals surface area contributed by atoms with E-state index < -0.39 is 6.10 Å². The van der Waals surface area contributed by atoms with E-state index in [2.05, 4.69) is 15.2 Å². The summed E-state index contributed by atoms with van der Waals surface area (Å²) in [7, 11) is 0. The van der Waals surface area contributed by atoms with Crippen LogP contribution in [0.15, 0.2) is 43.0 Å². The fourth-order valence-electron chi connectivity index (χ4n) is 4.19. The van der Waals surface area contributed by atoms with Crippen molar-refractivity contribution in [3.8, 4) is 5.75 Å². The van der Waals surface area contributed by atoms with Gasteiger partial charge in [0, 0.05) is 24.5 Å². The van der Waals surface area contributed by atoms with E-state index in [0.29, 0.717) is 17.9 Å². The zero-order chi connectivity index (χ0) is 19.3. The highest BCUT2D eigenvalue weighted by Gasteiger charge is 2.36. The lowest BCUT2D eigenvalue weighted by molar-refractivity contribution is 0.0813. The molecule has 2 fully saturated rings. The number of likely N-dealkylation sites (tertiary alicyclic amines) is 1. The smallest absolute Gasteiger partial charge is 0.251 e. The number of ether oxygens (including phenoxy) is 1. The van der Waals surface area contributed by atoms with Gasteiger partial charge in [-0.2, -0.15) is 0 Å². The van der Waals surface area contributed by atoms with Crippen LogP contribution in [0.25, 0.3) is 0 Å². The Hall–Kier alpha value is -2.38. The normalized spacial score (nSPS) is 25.1. The fraction of sp³-hybridized carbons (Fsp3) is 0.524. The molecule has 2 heterocycles. The number of aliphatic hydroxyl groups excluding tert-OH is 1. The third-order valence-electron chi connectivity index (χ3n) is 5.78. The Morgan fingerprint density at radius 3 is 2.93 bits per heavy atom. The third-order valence-corrected chi connectivity index (χ3v) is 5.78. The van der Waals surface area contributed by atoms with Crippen LogP contribution in [0.3, 0.4) is 0 Å². The van der Waals surface area contributed by atoms with Gasteiger partial charge in [-0.1, -0.05) is 6.07 Å². The van der Waals surface area contributed by atoms with Gasteiger partial charge in [0.05, 0.1) is 24.5 Å². The van der Waals surface area contributed by atoms with Crippen molar-refractivity contribution in [2.45, 2.75) is 43.9 Å². The highest BCUT2D eigenvalue weighted by molar-refractivity contribution is 5.94. The number of benzene rings is 1. The van der Waals surface area contributed by atoms with Crippen molar-refractivity contribution in [1.29, 1.82) is 0 Å². The summed E-state index contributed by atoms with van der Waals surface area (Å²) < 4.78 is 7.74. The molecular weight excluding hydrogens is 356 g/mol. The highest BCUT2D eigenvalue weighted by atomic mass is 16.5. The van der Waals surface area contributed by atoms with E-state index in [4.69, 9.17) is 4.74 Å². The summed E-state index contributed by atoms with van der Waals surface area (Å²) >= 11 is 0.